The Hall–Kier alpha value is -2.38. The van der Waals surface area contributed by atoms with E-state index < -0.39 is 0 Å². The fraction of sp³-hybridized carbons (Fsp3) is 0.200. The normalized spacial score (nSPS) is 10.7. The highest BCUT2D eigenvalue weighted by Gasteiger charge is 2.19. The second-order valence-corrected chi connectivity index (χ2v) is 5.46. The van der Waals surface area contributed by atoms with E-state index in [4.69, 9.17) is 15.2 Å². The third-order valence-electron chi connectivity index (χ3n) is 3.30. The molecule has 0 aliphatic heterocycles. The average Bonchev–Trinajstić information content (AvgIpc) is 3.22. The lowest BCUT2D eigenvalue weighted by Gasteiger charge is -2.12. The predicted octanol–water partition coefficient (Wildman–Crippen LogP) is 2.47. The zero-order valence-corrected chi connectivity index (χ0v) is 13.1. The van der Waals surface area contributed by atoms with Crippen molar-refractivity contribution < 1.29 is 9.47 Å². The van der Waals surface area contributed by atoms with Crippen LogP contribution in [0.3, 0.4) is 0 Å². The molecule has 0 unspecified atom stereocenters. The van der Waals surface area contributed by atoms with Gasteiger partial charge in [0.05, 0.1) is 19.1 Å². The zero-order chi connectivity index (χ0) is 15.5. The number of benzene rings is 1. The molecule has 0 saturated heterocycles. The molecule has 114 valence electrons. The number of nitrogens with zero attached hydrogens (tertiary/aromatic N) is 3. The Kier molecular flexibility index (Phi) is 4.08. The van der Waals surface area contributed by atoms with E-state index in [1.807, 2.05) is 35.7 Å². The Labute approximate surface area is 132 Å². The average molecular weight is 316 g/mol. The number of hydrogen-bond acceptors (Lipinski definition) is 6. The summed E-state index contributed by atoms with van der Waals surface area (Å²) in [6, 6.07) is 9.58. The summed E-state index contributed by atoms with van der Waals surface area (Å²) < 4.78 is 12.5. The maximum atomic E-state index is 5.80. The van der Waals surface area contributed by atoms with Gasteiger partial charge in [-0.2, -0.15) is 0 Å². The first-order valence-electron chi connectivity index (χ1n) is 6.69. The van der Waals surface area contributed by atoms with Gasteiger partial charge in [0.2, 0.25) is 0 Å². The topological polar surface area (TPSA) is 75.2 Å². The molecule has 0 atom stereocenters. The largest absolute Gasteiger partial charge is 0.497 e. The molecule has 3 rings (SSSR count). The molecule has 0 radical (unpaired) electrons. The van der Waals surface area contributed by atoms with Crippen molar-refractivity contribution in [3.05, 3.63) is 41.4 Å². The molecule has 0 aliphatic carbocycles. The van der Waals surface area contributed by atoms with E-state index in [1.54, 1.807) is 30.2 Å². The molecule has 0 fully saturated rings. The molecule has 0 amide bonds. The number of rotatable bonds is 5. The van der Waals surface area contributed by atoms with E-state index in [1.165, 1.54) is 0 Å². The van der Waals surface area contributed by atoms with E-state index in [9.17, 15) is 0 Å². The standard InChI is InChI=1S/C15H16N4O2S/c1-20-10-5-6-12(13(8-10)21-2)19-15(11(9-16)17-18-19)14-4-3-7-22-14/h3-8H,9,16H2,1-2H3. The second kappa shape index (κ2) is 6.17. The number of hydrogen-bond donors (Lipinski definition) is 1. The summed E-state index contributed by atoms with van der Waals surface area (Å²) in [5.74, 6) is 1.38. The third-order valence-corrected chi connectivity index (χ3v) is 4.18. The van der Waals surface area contributed by atoms with Gasteiger partial charge in [0.25, 0.3) is 0 Å². The first-order chi connectivity index (χ1) is 10.8. The van der Waals surface area contributed by atoms with Crippen LogP contribution in [0.5, 0.6) is 11.5 Å². The van der Waals surface area contributed by atoms with Crippen LogP contribution in [0, 0.1) is 0 Å². The maximum Gasteiger partial charge on any atom is 0.148 e. The molecule has 7 heteroatoms. The minimum Gasteiger partial charge on any atom is -0.497 e. The number of aromatic nitrogens is 3. The Bertz CT molecular complexity index is 768. The van der Waals surface area contributed by atoms with Crippen LogP contribution in [0.15, 0.2) is 35.7 Å². The smallest absolute Gasteiger partial charge is 0.148 e. The van der Waals surface area contributed by atoms with Crippen LogP contribution < -0.4 is 15.2 Å². The van der Waals surface area contributed by atoms with E-state index >= 15 is 0 Å². The minimum absolute atomic E-state index is 0.325. The molecule has 0 saturated carbocycles. The van der Waals surface area contributed by atoms with Crippen LogP contribution >= 0.6 is 11.3 Å². The van der Waals surface area contributed by atoms with Gasteiger partial charge in [-0.05, 0) is 23.6 Å². The highest BCUT2D eigenvalue weighted by Crippen LogP contribution is 2.33. The summed E-state index contributed by atoms with van der Waals surface area (Å²) in [7, 11) is 3.23. The lowest BCUT2D eigenvalue weighted by atomic mass is 10.2. The summed E-state index contributed by atoms with van der Waals surface area (Å²) in [6.45, 7) is 0.325. The van der Waals surface area contributed by atoms with Crippen molar-refractivity contribution in [2.45, 2.75) is 6.54 Å². The number of nitrogens with two attached hydrogens (primary N) is 1. The van der Waals surface area contributed by atoms with Gasteiger partial charge < -0.3 is 15.2 Å². The summed E-state index contributed by atoms with van der Waals surface area (Å²) >= 11 is 1.62. The van der Waals surface area contributed by atoms with E-state index in [0.717, 1.165) is 27.7 Å². The van der Waals surface area contributed by atoms with Crippen LogP contribution in [0.1, 0.15) is 5.69 Å². The fourth-order valence-electron chi connectivity index (χ4n) is 2.24. The first-order valence-corrected chi connectivity index (χ1v) is 7.57. The maximum absolute atomic E-state index is 5.80. The zero-order valence-electron chi connectivity index (χ0n) is 12.3. The van der Waals surface area contributed by atoms with Gasteiger partial charge in [-0.3, -0.25) is 0 Å². The quantitative estimate of drug-likeness (QED) is 0.782. The summed E-state index contributed by atoms with van der Waals surface area (Å²) in [6.07, 6.45) is 0. The van der Waals surface area contributed by atoms with Crippen molar-refractivity contribution in [3.63, 3.8) is 0 Å². The van der Waals surface area contributed by atoms with E-state index in [2.05, 4.69) is 10.3 Å². The van der Waals surface area contributed by atoms with Crippen molar-refractivity contribution in [2.75, 3.05) is 14.2 Å². The lowest BCUT2D eigenvalue weighted by Crippen LogP contribution is -2.03. The summed E-state index contributed by atoms with van der Waals surface area (Å²) in [5, 5.41) is 10.5. The first kappa shape index (κ1) is 14.6. The Morgan fingerprint density at radius 1 is 1.23 bits per heavy atom. The monoisotopic (exact) mass is 316 g/mol. The van der Waals surface area contributed by atoms with Crippen molar-refractivity contribution in [1.82, 2.24) is 15.0 Å². The van der Waals surface area contributed by atoms with Crippen LogP contribution in [0.2, 0.25) is 0 Å². The van der Waals surface area contributed by atoms with E-state index in [-0.39, 0.29) is 0 Å². The summed E-state index contributed by atoms with van der Waals surface area (Å²) in [4.78, 5) is 1.06. The van der Waals surface area contributed by atoms with Gasteiger partial charge in [0, 0.05) is 12.6 Å². The van der Waals surface area contributed by atoms with Crippen molar-refractivity contribution >= 4 is 11.3 Å². The Morgan fingerprint density at radius 3 is 2.73 bits per heavy atom. The van der Waals surface area contributed by atoms with Gasteiger partial charge in [0.15, 0.2) is 0 Å². The molecule has 0 spiro atoms. The van der Waals surface area contributed by atoms with Crippen molar-refractivity contribution in [3.8, 4) is 27.8 Å². The highest BCUT2D eigenvalue weighted by molar-refractivity contribution is 7.13. The van der Waals surface area contributed by atoms with Gasteiger partial charge in [0.1, 0.15) is 28.6 Å². The molecule has 2 N–H and O–H groups in total. The fourth-order valence-corrected chi connectivity index (χ4v) is 3.02. The molecule has 2 aromatic heterocycles. The SMILES string of the molecule is COc1ccc(-n2nnc(CN)c2-c2cccs2)c(OC)c1. The van der Waals surface area contributed by atoms with Crippen LogP contribution in [0.4, 0.5) is 0 Å². The molecular weight excluding hydrogens is 300 g/mol. The Balaban J connectivity index is 2.19. The predicted molar refractivity (Wildman–Crippen MR) is 85.7 cm³/mol. The van der Waals surface area contributed by atoms with Crippen LogP contribution in [-0.4, -0.2) is 29.2 Å². The van der Waals surface area contributed by atoms with E-state index in [0.29, 0.717) is 12.3 Å². The van der Waals surface area contributed by atoms with Crippen molar-refractivity contribution in [2.24, 2.45) is 5.73 Å². The van der Waals surface area contributed by atoms with Gasteiger partial charge in [-0.1, -0.05) is 11.3 Å². The molecular formula is C15H16N4O2S. The molecule has 22 heavy (non-hydrogen) atoms. The molecule has 1 aromatic carbocycles. The number of methoxy groups -OCH3 is 2. The number of ether oxygens (including phenoxy) is 2. The second-order valence-electron chi connectivity index (χ2n) is 4.52. The van der Waals surface area contributed by atoms with Gasteiger partial charge in [-0.15, -0.1) is 16.4 Å². The van der Waals surface area contributed by atoms with Gasteiger partial charge >= 0.3 is 0 Å². The van der Waals surface area contributed by atoms with Gasteiger partial charge in [-0.25, -0.2) is 4.68 Å². The molecule has 0 bridgehead atoms. The lowest BCUT2D eigenvalue weighted by molar-refractivity contribution is 0.392. The van der Waals surface area contributed by atoms with Crippen LogP contribution in [-0.2, 0) is 6.54 Å². The van der Waals surface area contributed by atoms with Crippen molar-refractivity contribution in [1.29, 1.82) is 0 Å². The summed E-state index contributed by atoms with van der Waals surface area (Å²) in [5.41, 5.74) is 8.23. The minimum atomic E-state index is 0.325. The number of thiophene rings is 1. The highest BCUT2D eigenvalue weighted by atomic mass is 32.1. The Morgan fingerprint density at radius 2 is 2.09 bits per heavy atom. The molecule has 6 nitrogen and oxygen atoms in total. The third kappa shape index (κ3) is 2.44. The van der Waals surface area contributed by atoms with Crippen LogP contribution in [0.25, 0.3) is 16.3 Å². The molecule has 0 aliphatic rings. The molecule has 3 aromatic rings. The molecule has 2 heterocycles.